The van der Waals surface area contributed by atoms with Gasteiger partial charge in [-0.05, 0) is 43.3 Å². The highest BCUT2D eigenvalue weighted by Gasteiger charge is 2.12. The van der Waals surface area contributed by atoms with E-state index in [0.29, 0.717) is 0 Å². The Morgan fingerprint density at radius 2 is 2.06 bits per heavy atom. The Bertz CT molecular complexity index is 490. The van der Waals surface area contributed by atoms with Gasteiger partial charge in [-0.3, -0.25) is 0 Å². The fraction of sp³-hybridized carbons (Fsp3) is 0.357. The molecule has 0 saturated carbocycles. The summed E-state index contributed by atoms with van der Waals surface area (Å²) in [7, 11) is 1.93. The minimum atomic E-state index is -0.224. The molecule has 0 radical (unpaired) electrons. The molecule has 1 unspecified atom stereocenters. The van der Waals surface area contributed by atoms with Gasteiger partial charge in [0.15, 0.2) is 0 Å². The number of hydrogen-bond donors (Lipinski definition) is 2. The Morgan fingerprint density at radius 3 is 2.67 bits per heavy atom. The van der Waals surface area contributed by atoms with Gasteiger partial charge in [-0.25, -0.2) is 9.37 Å². The molecule has 0 aliphatic carbocycles. The van der Waals surface area contributed by atoms with Crippen LogP contribution in [0.4, 0.5) is 4.39 Å². The smallest absolute Gasteiger partial charge is 0.123 e. The molecule has 4 heteroatoms. The molecule has 0 amide bonds. The standard InChI is InChI=1S/C14H18FN3/c1-3-4-12(16-2)14-17-9-13(18-14)10-5-7-11(15)8-6-10/h5-9,12,16H,3-4H2,1-2H3,(H,17,18). The van der Waals surface area contributed by atoms with Gasteiger partial charge in [0.25, 0.3) is 0 Å². The van der Waals surface area contributed by atoms with Gasteiger partial charge >= 0.3 is 0 Å². The van der Waals surface area contributed by atoms with E-state index in [0.717, 1.165) is 29.9 Å². The molecule has 0 bridgehead atoms. The topological polar surface area (TPSA) is 40.7 Å². The molecule has 3 nitrogen and oxygen atoms in total. The van der Waals surface area contributed by atoms with Crippen LogP contribution in [0.3, 0.4) is 0 Å². The van der Waals surface area contributed by atoms with Crippen LogP contribution in [-0.4, -0.2) is 17.0 Å². The summed E-state index contributed by atoms with van der Waals surface area (Å²) in [5, 5.41) is 3.24. The molecule has 2 N–H and O–H groups in total. The van der Waals surface area contributed by atoms with Gasteiger partial charge in [0.2, 0.25) is 0 Å². The second kappa shape index (κ2) is 5.78. The molecule has 0 saturated heterocycles. The number of benzene rings is 1. The van der Waals surface area contributed by atoms with E-state index in [-0.39, 0.29) is 11.9 Å². The zero-order chi connectivity index (χ0) is 13.0. The average molecular weight is 247 g/mol. The fourth-order valence-corrected chi connectivity index (χ4v) is 2.00. The number of imidazole rings is 1. The number of hydrogen-bond acceptors (Lipinski definition) is 2. The highest BCUT2D eigenvalue weighted by Crippen LogP contribution is 2.21. The Hall–Kier alpha value is -1.68. The summed E-state index contributed by atoms with van der Waals surface area (Å²) in [5.74, 6) is 0.705. The number of halogens is 1. The zero-order valence-corrected chi connectivity index (χ0v) is 10.7. The fourth-order valence-electron chi connectivity index (χ4n) is 2.00. The first-order chi connectivity index (χ1) is 8.74. The second-order valence-electron chi connectivity index (χ2n) is 4.32. The highest BCUT2D eigenvalue weighted by molar-refractivity contribution is 5.58. The molecule has 2 rings (SSSR count). The number of H-pyrrole nitrogens is 1. The molecule has 96 valence electrons. The van der Waals surface area contributed by atoms with E-state index in [1.54, 1.807) is 18.3 Å². The van der Waals surface area contributed by atoms with E-state index in [2.05, 4.69) is 22.2 Å². The Morgan fingerprint density at radius 1 is 1.33 bits per heavy atom. The van der Waals surface area contributed by atoms with Gasteiger partial charge in [-0.15, -0.1) is 0 Å². The van der Waals surface area contributed by atoms with Crippen LogP contribution in [0.5, 0.6) is 0 Å². The summed E-state index contributed by atoms with van der Waals surface area (Å²) in [4.78, 5) is 7.68. The van der Waals surface area contributed by atoms with Crippen LogP contribution in [0.15, 0.2) is 30.5 Å². The van der Waals surface area contributed by atoms with Crippen molar-refractivity contribution in [2.45, 2.75) is 25.8 Å². The maximum absolute atomic E-state index is 12.9. The van der Waals surface area contributed by atoms with E-state index < -0.39 is 0 Å². The first-order valence-electron chi connectivity index (χ1n) is 6.22. The van der Waals surface area contributed by atoms with Crippen molar-refractivity contribution in [3.63, 3.8) is 0 Å². The molecule has 18 heavy (non-hydrogen) atoms. The second-order valence-corrected chi connectivity index (χ2v) is 4.32. The van der Waals surface area contributed by atoms with Gasteiger partial charge in [0, 0.05) is 0 Å². The molecule has 1 heterocycles. The lowest BCUT2D eigenvalue weighted by Gasteiger charge is -2.11. The Kier molecular flexibility index (Phi) is 4.10. The highest BCUT2D eigenvalue weighted by atomic mass is 19.1. The first kappa shape index (κ1) is 12.8. The summed E-state index contributed by atoms with van der Waals surface area (Å²) in [6.45, 7) is 2.15. The van der Waals surface area contributed by atoms with Crippen LogP contribution < -0.4 is 5.32 Å². The Labute approximate surface area is 106 Å². The minimum Gasteiger partial charge on any atom is -0.341 e. The molecule has 1 aromatic carbocycles. The van der Waals surface area contributed by atoms with Gasteiger partial charge in [-0.2, -0.15) is 0 Å². The molecule has 0 aliphatic heterocycles. The van der Waals surface area contributed by atoms with Crippen molar-refractivity contribution in [1.82, 2.24) is 15.3 Å². The van der Waals surface area contributed by atoms with Crippen molar-refractivity contribution in [2.24, 2.45) is 0 Å². The molecule has 2 aromatic rings. The van der Waals surface area contributed by atoms with E-state index in [9.17, 15) is 4.39 Å². The van der Waals surface area contributed by atoms with Crippen molar-refractivity contribution >= 4 is 0 Å². The third kappa shape index (κ3) is 2.76. The predicted octanol–water partition coefficient (Wildman–Crippen LogP) is 3.28. The number of aromatic nitrogens is 2. The van der Waals surface area contributed by atoms with Gasteiger partial charge < -0.3 is 10.3 Å². The quantitative estimate of drug-likeness (QED) is 0.851. The van der Waals surface area contributed by atoms with E-state index in [1.165, 1.54) is 12.1 Å². The largest absolute Gasteiger partial charge is 0.341 e. The SMILES string of the molecule is CCCC(NC)c1ncc(-c2ccc(F)cc2)[nH]1. The lowest BCUT2D eigenvalue weighted by Crippen LogP contribution is -2.17. The number of rotatable bonds is 5. The van der Waals surface area contributed by atoms with E-state index in [4.69, 9.17) is 0 Å². The molecule has 1 aromatic heterocycles. The van der Waals surface area contributed by atoms with Gasteiger partial charge in [0.05, 0.1) is 17.9 Å². The zero-order valence-electron chi connectivity index (χ0n) is 10.7. The normalized spacial score (nSPS) is 12.6. The van der Waals surface area contributed by atoms with Crippen molar-refractivity contribution in [3.05, 3.63) is 42.1 Å². The van der Waals surface area contributed by atoms with Crippen molar-refractivity contribution in [1.29, 1.82) is 0 Å². The van der Waals surface area contributed by atoms with Crippen LogP contribution in [-0.2, 0) is 0 Å². The van der Waals surface area contributed by atoms with Crippen LogP contribution in [0, 0.1) is 5.82 Å². The summed E-state index contributed by atoms with van der Waals surface area (Å²) in [6, 6.07) is 6.65. The number of nitrogens with zero attached hydrogens (tertiary/aromatic N) is 1. The van der Waals surface area contributed by atoms with E-state index >= 15 is 0 Å². The van der Waals surface area contributed by atoms with Gasteiger partial charge in [-0.1, -0.05) is 13.3 Å². The van der Waals surface area contributed by atoms with Crippen LogP contribution in [0.1, 0.15) is 31.6 Å². The van der Waals surface area contributed by atoms with Crippen LogP contribution in [0.2, 0.25) is 0 Å². The van der Waals surface area contributed by atoms with Crippen molar-refractivity contribution in [2.75, 3.05) is 7.05 Å². The molecule has 1 atom stereocenters. The summed E-state index contributed by atoms with van der Waals surface area (Å²) in [6.07, 6.45) is 3.92. The van der Waals surface area contributed by atoms with Crippen LogP contribution in [0.25, 0.3) is 11.3 Å². The molecule has 0 aliphatic rings. The molecule has 0 spiro atoms. The summed E-state index contributed by atoms with van der Waals surface area (Å²) < 4.78 is 12.9. The molecular formula is C14H18FN3. The predicted molar refractivity (Wildman–Crippen MR) is 70.7 cm³/mol. The number of aromatic amines is 1. The molecule has 0 fully saturated rings. The summed E-state index contributed by atoms with van der Waals surface area (Å²) >= 11 is 0. The van der Waals surface area contributed by atoms with Crippen molar-refractivity contribution < 1.29 is 4.39 Å². The third-order valence-corrected chi connectivity index (χ3v) is 3.01. The van der Waals surface area contributed by atoms with Crippen molar-refractivity contribution in [3.8, 4) is 11.3 Å². The Balaban J connectivity index is 2.21. The monoisotopic (exact) mass is 247 g/mol. The lowest BCUT2D eigenvalue weighted by atomic mass is 10.1. The molecular weight excluding hydrogens is 229 g/mol. The van der Waals surface area contributed by atoms with Gasteiger partial charge in [0.1, 0.15) is 11.6 Å². The van der Waals surface area contributed by atoms with Crippen LogP contribution >= 0.6 is 0 Å². The maximum atomic E-state index is 12.9. The maximum Gasteiger partial charge on any atom is 0.123 e. The summed E-state index contributed by atoms with van der Waals surface area (Å²) in [5.41, 5.74) is 1.86. The van der Waals surface area contributed by atoms with E-state index in [1.807, 2.05) is 7.05 Å². The third-order valence-electron chi connectivity index (χ3n) is 3.01. The lowest BCUT2D eigenvalue weighted by molar-refractivity contribution is 0.518. The average Bonchev–Trinajstić information content (AvgIpc) is 2.86. The minimum absolute atomic E-state index is 0.224. The first-order valence-corrected chi connectivity index (χ1v) is 6.22. The number of nitrogens with one attached hydrogen (secondary N) is 2.